The molecule has 0 spiro atoms. The third kappa shape index (κ3) is 3.17. The van der Waals surface area contributed by atoms with Crippen molar-refractivity contribution in [2.45, 2.75) is 30.3 Å². The monoisotopic (exact) mass is 302 g/mol. The molecule has 0 saturated carbocycles. The molecule has 9 heteroatoms. The van der Waals surface area contributed by atoms with Crippen molar-refractivity contribution in [3.05, 3.63) is 11.8 Å². The molecule has 1 aliphatic rings. The van der Waals surface area contributed by atoms with Crippen molar-refractivity contribution in [1.82, 2.24) is 19.8 Å². The lowest BCUT2D eigenvalue weighted by Gasteiger charge is -2.32. The summed E-state index contributed by atoms with van der Waals surface area (Å²) in [6, 6.07) is 0.134. The standard InChI is InChI=1S/C11H18N4O4S/c1-15-5-3-2-4-8(15)6-13-20(18,19)10-9(11(16)17)7-12-14-10/h7-8,13H,2-6H2,1H3,(H,12,14)(H,16,17). The van der Waals surface area contributed by atoms with Crippen LogP contribution >= 0.6 is 0 Å². The van der Waals surface area contributed by atoms with E-state index < -0.39 is 21.0 Å². The summed E-state index contributed by atoms with van der Waals surface area (Å²) in [7, 11) is -1.94. The van der Waals surface area contributed by atoms with E-state index in [2.05, 4.69) is 19.8 Å². The van der Waals surface area contributed by atoms with Gasteiger partial charge in [0.25, 0.3) is 10.0 Å². The van der Waals surface area contributed by atoms with E-state index in [-0.39, 0.29) is 18.2 Å². The van der Waals surface area contributed by atoms with Crippen LogP contribution in [0.3, 0.4) is 0 Å². The molecule has 112 valence electrons. The van der Waals surface area contributed by atoms with Gasteiger partial charge in [0.05, 0.1) is 6.20 Å². The van der Waals surface area contributed by atoms with Gasteiger partial charge in [-0.2, -0.15) is 5.10 Å². The first-order valence-corrected chi connectivity index (χ1v) is 7.86. The number of rotatable bonds is 5. The predicted octanol–water partition coefficient (Wildman–Crippen LogP) is -0.129. The number of piperidine rings is 1. The molecular weight excluding hydrogens is 284 g/mol. The number of carbonyl (C=O) groups is 1. The zero-order chi connectivity index (χ0) is 14.8. The highest BCUT2D eigenvalue weighted by Crippen LogP contribution is 2.16. The fraction of sp³-hybridized carbons (Fsp3) is 0.636. The summed E-state index contributed by atoms with van der Waals surface area (Å²) in [6.45, 7) is 1.20. The maximum Gasteiger partial charge on any atom is 0.340 e. The molecule has 1 aliphatic heterocycles. The second-order valence-electron chi connectivity index (χ2n) is 4.90. The lowest BCUT2D eigenvalue weighted by Crippen LogP contribution is -2.44. The zero-order valence-corrected chi connectivity index (χ0v) is 12.0. The van der Waals surface area contributed by atoms with Gasteiger partial charge in [0, 0.05) is 12.6 Å². The molecule has 0 bridgehead atoms. The van der Waals surface area contributed by atoms with Crippen molar-refractivity contribution < 1.29 is 18.3 Å². The third-order valence-electron chi connectivity index (χ3n) is 3.53. The Labute approximate surface area is 117 Å². The fourth-order valence-corrected chi connectivity index (χ4v) is 3.47. The number of aromatic amines is 1. The van der Waals surface area contributed by atoms with Gasteiger partial charge in [-0.15, -0.1) is 0 Å². The van der Waals surface area contributed by atoms with Gasteiger partial charge in [0.1, 0.15) is 5.56 Å². The van der Waals surface area contributed by atoms with E-state index in [0.29, 0.717) is 0 Å². The average Bonchev–Trinajstić information content (AvgIpc) is 2.88. The number of nitrogens with zero attached hydrogens (tertiary/aromatic N) is 2. The highest BCUT2D eigenvalue weighted by molar-refractivity contribution is 7.89. The highest BCUT2D eigenvalue weighted by atomic mass is 32.2. The SMILES string of the molecule is CN1CCCCC1CNS(=O)(=O)c1[nH]ncc1C(=O)O. The van der Waals surface area contributed by atoms with Crippen molar-refractivity contribution in [2.24, 2.45) is 0 Å². The molecule has 1 atom stereocenters. The van der Waals surface area contributed by atoms with Crippen molar-refractivity contribution in [2.75, 3.05) is 20.1 Å². The molecule has 0 aromatic carbocycles. The van der Waals surface area contributed by atoms with Crippen molar-refractivity contribution in [3.63, 3.8) is 0 Å². The maximum atomic E-state index is 12.1. The minimum atomic E-state index is -3.89. The largest absolute Gasteiger partial charge is 0.478 e. The van der Waals surface area contributed by atoms with E-state index >= 15 is 0 Å². The van der Waals surface area contributed by atoms with Gasteiger partial charge in [-0.05, 0) is 26.4 Å². The Morgan fingerprint density at radius 1 is 1.60 bits per heavy atom. The Kier molecular flexibility index (Phi) is 4.41. The van der Waals surface area contributed by atoms with Crippen LogP contribution in [0.25, 0.3) is 0 Å². The number of aromatic carboxylic acids is 1. The quantitative estimate of drug-likeness (QED) is 0.698. The number of carboxylic acid groups (broad SMARTS) is 1. The number of carboxylic acids is 1. The fourth-order valence-electron chi connectivity index (χ4n) is 2.31. The maximum absolute atomic E-state index is 12.1. The van der Waals surface area contributed by atoms with Crippen molar-refractivity contribution >= 4 is 16.0 Å². The van der Waals surface area contributed by atoms with Crippen LogP contribution in [0, 0.1) is 0 Å². The summed E-state index contributed by atoms with van der Waals surface area (Å²) in [4.78, 5) is 13.0. The zero-order valence-electron chi connectivity index (χ0n) is 11.2. The lowest BCUT2D eigenvalue weighted by atomic mass is 10.0. The highest BCUT2D eigenvalue weighted by Gasteiger charge is 2.27. The van der Waals surface area contributed by atoms with Gasteiger partial charge >= 0.3 is 5.97 Å². The first kappa shape index (κ1) is 14.9. The number of hydrogen-bond acceptors (Lipinski definition) is 5. The molecule has 1 aromatic rings. The second-order valence-corrected chi connectivity index (χ2v) is 6.60. The summed E-state index contributed by atoms with van der Waals surface area (Å²) in [5.41, 5.74) is -0.352. The van der Waals surface area contributed by atoms with Gasteiger partial charge in [0.15, 0.2) is 5.03 Å². The van der Waals surface area contributed by atoms with Crippen LogP contribution in [0.4, 0.5) is 0 Å². The normalized spacial score (nSPS) is 20.9. The molecule has 0 radical (unpaired) electrons. The number of sulfonamides is 1. The van der Waals surface area contributed by atoms with Gasteiger partial charge in [-0.1, -0.05) is 6.42 Å². The molecule has 1 unspecified atom stereocenters. The summed E-state index contributed by atoms with van der Waals surface area (Å²) in [5.74, 6) is -1.33. The molecule has 0 aliphatic carbocycles. The molecule has 2 rings (SSSR count). The Morgan fingerprint density at radius 2 is 2.35 bits per heavy atom. The number of aromatic nitrogens is 2. The van der Waals surface area contributed by atoms with Crippen molar-refractivity contribution in [3.8, 4) is 0 Å². The van der Waals surface area contributed by atoms with Crippen LogP contribution in [-0.4, -0.2) is 60.8 Å². The number of likely N-dealkylation sites (tertiary alicyclic amines) is 1. The lowest BCUT2D eigenvalue weighted by molar-refractivity contribution is 0.0692. The number of hydrogen-bond donors (Lipinski definition) is 3. The number of likely N-dealkylation sites (N-methyl/N-ethyl adjacent to an activating group) is 1. The summed E-state index contributed by atoms with van der Waals surface area (Å²) in [5, 5.41) is 14.2. The van der Waals surface area contributed by atoms with E-state index in [4.69, 9.17) is 5.11 Å². The van der Waals surface area contributed by atoms with E-state index in [1.165, 1.54) is 0 Å². The molecule has 1 aromatic heterocycles. The molecule has 3 N–H and O–H groups in total. The van der Waals surface area contributed by atoms with Crippen LogP contribution < -0.4 is 4.72 Å². The van der Waals surface area contributed by atoms with Crippen LogP contribution in [0.2, 0.25) is 0 Å². The summed E-state index contributed by atoms with van der Waals surface area (Å²) < 4.78 is 26.7. The van der Waals surface area contributed by atoms with Gasteiger partial charge in [-0.25, -0.2) is 17.9 Å². The smallest absolute Gasteiger partial charge is 0.340 e. The Hall–Kier alpha value is -1.45. The van der Waals surface area contributed by atoms with Crippen LogP contribution in [0.1, 0.15) is 29.6 Å². The first-order chi connectivity index (χ1) is 9.42. The molecule has 1 fully saturated rings. The Morgan fingerprint density at radius 3 is 3.00 bits per heavy atom. The van der Waals surface area contributed by atoms with Gasteiger partial charge in [0.2, 0.25) is 0 Å². The Bertz CT molecular complexity index is 583. The average molecular weight is 302 g/mol. The molecular formula is C11H18N4O4S. The third-order valence-corrected chi connectivity index (χ3v) is 4.93. The topological polar surface area (TPSA) is 115 Å². The van der Waals surface area contributed by atoms with Crippen LogP contribution in [0.15, 0.2) is 11.2 Å². The van der Waals surface area contributed by atoms with E-state index in [0.717, 1.165) is 32.0 Å². The van der Waals surface area contributed by atoms with Gasteiger partial charge in [-0.3, -0.25) is 5.10 Å². The molecule has 0 amide bonds. The molecule has 20 heavy (non-hydrogen) atoms. The van der Waals surface area contributed by atoms with Crippen molar-refractivity contribution in [1.29, 1.82) is 0 Å². The van der Waals surface area contributed by atoms with Crippen LogP contribution in [-0.2, 0) is 10.0 Å². The predicted molar refractivity (Wildman–Crippen MR) is 71.0 cm³/mol. The van der Waals surface area contributed by atoms with Gasteiger partial charge < -0.3 is 10.0 Å². The van der Waals surface area contributed by atoms with Crippen LogP contribution in [0.5, 0.6) is 0 Å². The molecule has 1 saturated heterocycles. The van der Waals surface area contributed by atoms with E-state index in [9.17, 15) is 13.2 Å². The summed E-state index contributed by atoms with van der Waals surface area (Å²) in [6.07, 6.45) is 4.10. The molecule has 8 nitrogen and oxygen atoms in total. The van der Waals surface area contributed by atoms with E-state index in [1.54, 1.807) is 0 Å². The first-order valence-electron chi connectivity index (χ1n) is 6.38. The summed E-state index contributed by atoms with van der Waals surface area (Å²) >= 11 is 0. The number of H-pyrrole nitrogens is 1. The van der Waals surface area contributed by atoms with E-state index in [1.807, 2.05) is 7.05 Å². The minimum absolute atomic E-state index is 0.134. The molecule has 2 heterocycles. The Balaban J connectivity index is 2.07. The number of nitrogens with one attached hydrogen (secondary N) is 2. The minimum Gasteiger partial charge on any atom is -0.478 e. The second kappa shape index (κ2) is 5.90.